The molecule has 1 aliphatic carbocycles. The summed E-state index contributed by atoms with van der Waals surface area (Å²) in [7, 11) is 0. The molecule has 2 N–H and O–H groups in total. The molecule has 0 heterocycles. The molecule has 3 nitrogen and oxygen atoms in total. The molecule has 1 aliphatic rings. The Balaban J connectivity index is 1.59. The zero-order valence-electron chi connectivity index (χ0n) is 11.3. The van der Waals surface area contributed by atoms with Gasteiger partial charge in [-0.1, -0.05) is 36.8 Å². The van der Waals surface area contributed by atoms with Gasteiger partial charge >= 0.3 is 0 Å². The average molecular weight is 261 g/mol. The Labute approximate surface area is 115 Å². The average Bonchev–Trinajstić information content (AvgIpc) is 2.83. The highest BCUT2D eigenvalue weighted by molar-refractivity contribution is 5.75. The third-order valence-corrected chi connectivity index (χ3v) is 3.89. The summed E-state index contributed by atoms with van der Waals surface area (Å²) in [5.41, 5.74) is 1.28. The highest BCUT2D eigenvalue weighted by atomic mass is 16.3. The van der Waals surface area contributed by atoms with Crippen molar-refractivity contribution in [1.29, 1.82) is 0 Å². The molecule has 1 aromatic carbocycles. The maximum absolute atomic E-state index is 11.7. The third-order valence-electron chi connectivity index (χ3n) is 3.89. The van der Waals surface area contributed by atoms with Gasteiger partial charge in [-0.25, -0.2) is 0 Å². The Morgan fingerprint density at radius 3 is 2.74 bits per heavy atom. The standard InChI is InChI=1S/C16H23NO2/c18-15-10-5-9-14(15)12-17-16(19)11-4-8-13-6-2-1-3-7-13/h1-3,6-7,14-15,18H,4-5,8-12H2,(H,17,19)/t14-,15+/m1/s1. The minimum absolute atomic E-state index is 0.107. The van der Waals surface area contributed by atoms with E-state index in [-0.39, 0.29) is 17.9 Å². The van der Waals surface area contributed by atoms with Gasteiger partial charge in [-0.2, -0.15) is 0 Å². The molecule has 0 bridgehead atoms. The molecule has 0 aliphatic heterocycles. The smallest absolute Gasteiger partial charge is 0.220 e. The van der Waals surface area contributed by atoms with Crippen molar-refractivity contribution >= 4 is 5.91 Å². The molecule has 104 valence electrons. The van der Waals surface area contributed by atoms with E-state index in [9.17, 15) is 9.90 Å². The lowest BCUT2D eigenvalue weighted by molar-refractivity contribution is -0.121. The van der Waals surface area contributed by atoms with Crippen LogP contribution in [0.2, 0.25) is 0 Å². The first-order valence-electron chi connectivity index (χ1n) is 7.24. The Morgan fingerprint density at radius 2 is 2.05 bits per heavy atom. The lowest BCUT2D eigenvalue weighted by Gasteiger charge is -2.14. The summed E-state index contributed by atoms with van der Waals surface area (Å²) in [6.07, 6.45) is 5.17. The normalized spacial score (nSPS) is 22.4. The molecule has 1 fully saturated rings. The first kappa shape index (κ1) is 14.1. The molecular weight excluding hydrogens is 238 g/mol. The van der Waals surface area contributed by atoms with Crippen molar-refractivity contribution in [2.24, 2.45) is 5.92 Å². The monoisotopic (exact) mass is 261 g/mol. The van der Waals surface area contributed by atoms with Crippen LogP contribution in [0.5, 0.6) is 0 Å². The van der Waals surface area contributed by atoms with Crippen molar-refractivity contribution < 1.29 is 9.90 Å². The van der Waals surface area contributed by atoms with Gasteiger partial charge in [0.05, 0.1) is 6.10 Å². The molecule has 0 spiro atoms. The van der Waals surface area contributed by atoms with Crippen molar-refractivity contribution in [3.8, 4) is 0 Å². The van der Waals surface area contributed by atoms with Gasteiger partial charge in [0, 0.05) is 18.9 Å². The number of hydrogen-bond donors (Lipinski definition) is 2. The van der Waals surface area contributed by atoms with E-state index < -0.39 is 0 Å². The number of rotatable bonds is 6. The van der Waals surface area contributed by atoms with Gasteiger partial charge in [0.15, 0.2) is 0 Å². The fourth-order valence-corrected chi connectivity index (χ4v) is 2.69. The number of hydrogen-bond acceptors (Lipinski definition) is 2. The number of aryl methyl sites for hydroxylation is 1. The molecule has 19 heavy (non-hydrogen) atoms. The summed E-state index contributed by atoms with van der Waals surface area (Å²) in [6.45, 7) is 0.630. The summed E-state index contributed by atoms with van der Waals surface area (Å²) < 4.78 is 0. The summed E-state index contributed by atoms with van der Waals surface area (Å²) in [6, 6.07) is 10.2. The second-order valence-corrected chi connectivity index (χ2v) is 5.40. The van der Waals surface area contributed by atoms with Crippen LogP contribution in [-0.4, -0.2) is 23.7 Å². The molecule has 3 heteroatoms. The number of carbonyl (C=O) groups excluding carboxylic acids is 1. The van der Waals surface area contributed by atoms with E-state index in [1.807, 2.05) is 18.2 Å². The molecule has 2 atom stereocenters. The van der Waals surface area contributed by atoms with Crippen molar-refractivity contribution in [1.82, 2.24) is 5.32 Å². The van der Waals surface area contributed by atoms with Gasteiger partial charge in [0.2, 0.25) is 5.91 Å². The van der Waals surface area contributed by atoms with Crippen LogP contribution in [0.15, 0.2) is 30.3 Å². The number of carbonyl (C=O) groups is 1. The first-order valence-corrected chi connectivity index (χ1v) is 7.24. The zero-order valence-corrected chi connectivity index (χ0v) is 11.3. The van der Waals surface area contributed by atoms with E-state index in [0.29, 0.717) is 13.0 Å². The third kappa shape index (κ3) is 4.67. The van der Waals surface area contributed by atoms with Crippen LogP contribution in [0.3, 0.4) is 0 Å². The van der Waals surface area contributed by atoms with E-state index in [0.717, 1.165) is 32.1 Å². The fourth-order valence-electron chi connectivity index (χ4n) is 2.69. The molecular formula is C16H23NO2. The minimum atomic E-state index is -0.218. The number of benzene rings is 1. The number of aliphatic hydroxyl groups is 1. The van der Waals surface area contributed by atoms with E-state index >= 15 is 0 Å². The van der Waals surface area contributed by atoms with Crippen LogP contribution in [0.25, 0.3) is 0 Å². The largest absolute Gasteiger partial charge is 0.393 e. The Hall–Kier alpha value is -1.35. The first-order chi connectivity index (χ1) is 9.25. The minimum Gasteiger partial charge on any atom is -0.393 e. The number of aliphatic hydroxyl groups excluding tert-OH is 1. The maximum Gasteiger partial charge on any atom is 0.220 e. The van der Waals surface area contributed by atoms with Crippen LogP contribution >= 0.6 is 0 Å². The highest BCUT2D eigenvalue weighted by Gasteiger charge is 2.25. The predicted octanol–water partition coefficient (Wildman–Crippen LogP) is 2.29. The van der Waals surface area contributed by atoms with E-state index in [1.54, 1.807) is 0 Å². The summed E-state index contributed by atoms with van der Waals surface area (Å²) in [5, 5.41) is 12.6. The van der Waals surface area contributed by atoms with Gasteiger partial charge in [-0.3, -0.25) is 4.79 Å². The Bertz CT molecular complexity index is 391. The number of nitrogens with one attached hydrogen (secondary N) is 1. The molecule has 1 saturated carbocycles. The summed E-state index contributed by atoms with van der Waals surface area (Å²) in [5.74, 6) is 0.369. The lowest BCUT2D eigenvalue weighted by Crippen LogP contribution is -2.32. The molecule has 1 amide bonds. The molecule has 0 radical (unpaired) electrons. The van der Waals surface area contributed by atoms with E-state index in [1.165, 1.54) is 5.56 Å². The van der Waals surface area contributed by atoms with Crippen molar-refractivity contribution in [2.75, 3.05) is 6.54 Å². The quantitative estimate of drug-likeness (QED) is 0.825. The van der Waals surface area contributed by atoms with Crippen LogP contribution in [0.1, 0.15) is 37.7 Å². The van der Waals surface area contributed by atoms with Gasteiger partial charge < -0.3 is 10.4 Å². The van der Waals surface area contributed by atoms with Gasteiger partial charge in [0.1, 0.15) is 0 Å². The van der Waals surface area contributed by atoms with Crippen molar-refractivity contribution in [2.45, 2.75) is 44.6 Å². The van der Waals surface area contributed by atoms with E-state index in [2.05, 4.69) is 17.4 Å². The molecule has 0 aromatic heterocycles. The topological polar surface area (TPSA) is 49.3 Å². The van der Waals surface area contributed by atoms with Crippen LogP contribution in [0.4, 0.5) is 0 Å². The maximum atomic E-state index is 11.7. The molecule has 0 unspecified atom stereocenters. The van der Waals surface area contributed by atoms with Crippen LogP contribution < -0.4 is 5.32 Å². The SMILES string of the molecule is O=C(CCCc1ccccc1)NC[C@H]1CCC[C@@H]1O. The highest BCUT2D eigenvalue weighted by Crippen LogP contribution is 2.24. The van der Waals surface area contributed by atoms with Crippen molar-refractivity contribution in [3.63, 3.8) is 0 Å². The van der Waals surface area contributed by atoms with Crippen LogP contribution in [-0.2, 0) is 11.2 Å². The van der Waals surface area contributed by atoms with E-state index in [4.69, 9.17) is 0 Å². The lowest BCUT2D eigenvalue weighted by atomic mass is 10.1. The number of amides is 1. The Morgan fingerprint density at radius 1 is 1.26 bits per heavy atom. The second-order valence-electron chi connectivity index (χ2n) is 5.40. The van der Waals surface area contributed by atoms with Gasteiger partial charge in [-0.05, 0) is 31.2 Å². The van der Waals surface area contributed by atoms with Gasteiger partial charge in [-0.15, -0.1) is 0 Å². The summed E-state index contributed by atoms with van der Waals surface area (Å²) >= 11 is 0. The fraction of sp³-hybridized carbons (Fsp3) is 0.562. The summed E-state index contributed by atoms with van der Waals surface area (Å²) in [4.78, 5) is 11.7. The Kier molecular flexibility index (Phi) is 5.40. The molecule has 0 saturated heterocycles. The predicted molar refractivity (Wildman–Crippen MR) is 75.7 cm³/mol. The van der Waals surface area contributed by atoms with Gasteiger partial charge in [0.25, 0.3) is 0 Å². The van der Waals surface area contributed by atoms with Crippen molar-refractivity contribution in [3.05, 3.63) is 35.9 Å². The van der Waals surface area contributed by atoms with Crippen LogP contribution in [0, 0.1) is 5.92 Å². The molecule has 1 aromatic rings. The zero-order chi connectivity index (χ0) is 13.5. The molecule has 2 rings (SSSR count). The second kappa shape index (κ2) is 7.29.